The molecule has 0 amide bonds. The Labute approximate surface area is 115 Å². The minimum Gasteiger partial charge on any atom is -0.463 e. The van der Waals surface area contributed by atoms with Crippen LogP contribution in [-0.4, -0.2) is 37.6 Å². The summed E-state index contributed by atoms with van der Waals surface area (Å²) < 4.78 is 6.48. The zero-order valence-corrected chi connectivity index (χ0v) is 11.9. The molecular formula is C14H17BrN2O. The molecule has 1 aromatic heterocycles. The standard InChI is InChI=1S/C14H17BrN2O/c15-13-10-18-14-2-1-11(9-12(13)14)3-6-17-7-4-16-5-8-17/h1-2,9-10,16H,3-8H2. The molecule has 0 atom stereocenters. The number of hydrogen-bond donors (Lipinski definition) is 1. The smallest absolute Gasteiger partial charge is 0.135 e. The molecule has 3 rings (SSSR count). The van der Waals surface area contributed by atoms with E-state index in [0.717, 1.165) is 49.2 Å². The lowest BCUT2D eigenvalue weighted by molar-refractivity contribution is 0.244. The Bertz CT molecular complexity index is 532. The molecule has 0 bridgehead atoms. The predicted octanol–water partition coefficient (Wildman–Crippen LogP) is 2.64. The van der Waals surface area contributed by atoms with E-state index in [0.29, 0.717) is 0 Å². The molecular weight excluding hydrogens is 292 g/mol. The number of fused-ring (bicyclic) bond motifs is 1. The summed E-state index contributed by atoms with van der Waals surface area (Å²) in [5.41, 5.74) is 2.33. The summed E-state index contributed by atoms with van der Waals surface area (Å²) in [6.45, 7) is 5.70. The van der Waals surface area contributed by atoms with Crippen molar-refractivity contribution in [2.24, 2.45) is 0 Å². The van der Waals surface area contributed by atoms with Crippen LogP contribution in [0.3, 0.4) is 0 Å². The van der Waals surface area contributed by atoms with Crippen molar-refractivity contribution in [1.82, 2.24) is 10.2 Å². The van der Waals surface area contributed by atoms with Gasteiger partial charge in [-0.2, -0.15) is 0 Å². The van der Waals surface area contributed by atoms with Crippen molar-refractivity contribution in [1.29, 1.82) is 0 Å². The first kappa shape index (κ1) is 12.2. The van der Waals surface area contributed by atoms with Gasteiger partial charge in [-0.25, -0.2) is 0 Å². The Balaban J connectivity index is 1.68. The summed E-state index contributed by atoms with van der Waals surface area (Å²) in [5, 5.41) is 4.55. The first-order valence-electron chi connectivity index (χ1n) is 6.41. The van der Waals surface area contributed by atoms with Gasteiger partial charge in [0.1, 0.15) is 11.8 Å². The average Bonchev–Trinajstić information content (AvgIpc) is 2.79. The molecule has 1 aromatic carbocycles. The zero-order chi connectivity index (χ0) is 12.4. The molecule has 2 aromatic rings. The number of piperazine rings is 1. The highest BCUT2D eigenvalue weighted by Gasteiger charge is 2.10. The first-order chi connectivity index (χ1) is 8.83. The average molecular weight is 309 g/mol. The summed E-state index contributed by atoms with van der Waals surface area (Å²) in [6, 6.07) is 6.46. The number of benzene rings is 1. The SMILES string of the molecule is Brc1coc2ccc(CCN3CCNCC3)cc12. The van der Waals surface area contributed by atoms with E-state index in [1.54, 1.807) is 6.26 Å². The van der Waals surface area contributed by atoms with Gasteiger partial charge >= 0.3 is 0 Å². The molecule has 0 radical (unpaired) electrons. The van der Waals surface area contributed by atoms with E-state index in [2.05, 4.69) is 44.3 Å². The van der Waals surface area contributed by atoms with Crippen LogP contribution >= 0.6 is 15.9 Å². The van der Waals surface area contributed by atoms with Crippen LogP contribution in [0.25, 0.3) is 11.0 Å². The molecule has 0 aliphatic carbocycles. The first-order valence-corrected chi connectivity index (χ1v) is 7.21. The van der Waals surface area contributed by atoms with Crippen molar-refractivity contribution in [2.45, 2.75) is 6.42 Å². The molecule has 1 fully saturated rings. The molecule has 0 spiro atoms. The summed E-state index contributed by atoms with van der Waals surface area (Å²) in [5.74, 6) is 0. The van der Waals surface area contributed by atoms with E-state index >= 15 is 0 Å². The largest absolute Gasteiger partial charge is 0.463 e. The van der Waals surface area contributed by atoms with Gasteiger partial charge in [0.2, 0.25) is 0 Å². The van der Waals surface area contributed by atoms with Crippen molar-refractivity contribution >= 4 is 26.9 Å². The summed E-state index contributed by atoms with van der Waals surface area (Å²) in [6.07, 6.45) is 2.86. The monoisotopic (exact) mass is 308 g/mol. The van der Waals surface area contributed by atoms with Gasteiger partial charge in [-0.15, -0.1) is 0 Å². The number of hydrogen-bond acceptors (Lipinski definition) is 3. The number of rotatable bonds is 3. The van der Waals surface area contributed by atoms with Crippen LogP contribution in [0.2, 0.25) is 0 Å². The highest BCUT2D eigenvalue weighted by atomic mass is 79.9. The van der Waals surface area contributed by atoms with Gasteiger partial charge in [-0.3, -0.25) is 0 Å². The Hall–Kier alpha value is -0.840. The van der Waals surface area contributed by atoms with Gasteiger partial charge in [0.25, 0.3) is 0 Å². The molecule has 18 heavy (non-hydrogen) atoms. The van der Waals surface area contributed by atoms with Crippen LogP contribution in [0.5, 0.6) is 0 Å². The molecule has 0 saturated carbocycles. The van der Waals surface area contributed by atoms with E-state index in [1.807, 2.05) is 0 Å². The van der Waals surface area contributed by atoms with Crippen LogP contribution in [0.4, 0.5) is 0 Å². The minimum atomic E-state index is 0.952. The normalized spacial score (nSPS) is 17.4. The van der Waals surface area contributed by atoms with Crippen molar-refractivity contribution in [3.05, 3.63) is 34.5 Å². The maximum Gasteiger partial charge on any atom is 0.135 e. The van der Waals surface area contributed by atoms with E-state index in [-0.39, 0.29) is 0 Å². The molecule has 4 heteroatoms. The molecule has 1 aliphatic heterocycles. The molecule has 2 heterocycles. The highest BCUT2D eigenvalue weighted by molar-refractivity contribution is 9.10. The van der Waals surface area contributed by atoms with Gasteiger partial charge in [0, 0.05) is 38.1 Å². The lowest BCUT2D eigenvalue weighted by atomic mass is 10.1. The predicted molar refractivity (Wildman–Crippen MR) is 76.9 cm³/mol. The topological polar surface area (TPSA) is 28.4 Å². The Morgan fingerprint density at radius 3 is 2.94 bits per heavy atom. The van der Waals surface area contributed by atoms with Crippen molar-refractivity contribution < 1.29 is 4.42 Å². The zero-order valence-electron chi connectivity index (χ0n) is 10.3. The van der Waals surface area contributed by atoms with Gasteiger partial charge in [-0.1, -0.05) is 6.07 Å². The van der Waals surface area contributed by atoms with Crippen LogP contribution < -0.4 is 5.32 Å². The fourth-order valence-electron chi connectivity index (χ4n) is 2.42. The maximum atomic E-state index is 5.43. The lowest BCUT2D eigenvalue weighted by Crippen LogP contribution is -2.44. The highest BCUT2D eigenvalue weighted by Crippen LogP contribution is 2.26. The van der Waals surface area contributed by atoms with Crippen LogP contribution in [0.1, 0.15) is 5.56 Å². The lowest BCUT2D eigenvalue weighted by Gasteiger charge is -2.27. The van der Waals surface area contributed by atoms with Crippen LogP contribution in [0, 0.1) is 0 Å². The molecule has 0 unspecified atom stereocenters. The summed E-state index contributed by atoms with van der Waals surface area (Å²) in [4.78, 5) is 2.52. The third kappa shape index (κ3) is 2.60. The van der Waals surface area contributed by atoms with E-state index < -0.39 is 0 Å². The van der Waals surface area contributed by atoms with Crippen molar-refractivity contribution in [3.8, 4) is 0 Å². The van der Waals surface area contributed by atoms with Gasteiger partial charge in [0.05, 0.1) is 4.47 Å². The molecule has 1 aliphatic rings. The number of furan rings is 1. The van der Waals surface area contributed by atoms with Crippen LogP contribution in [0.15, 0.2) is 33.4 Å². The third-order valence-electron chi connectivity index (χ3n) is 3.52. The molecule has 96 valence electrons. The molecule has 1 N–H and O–H groups in total. The molecule has 1 saturated heterocycles. The van der Waals surface area contributed by atoms with Crippen molar-refractivity contribution in [3.63, 3.8) is 0 Å². The summed E-state index contributed by atoms with van der Waals surface area (Å²) in [7, 11) is 0. The Kier molecular flexibility index (Phi) is 3.68. The third-order valence-corrected chi connectivity index (χ3v) is 4.13. The number of halogens is 1. The number of nitrogens with zero attached hydrogens (tertiary/aromatic N) is 1. The van der Waals surface area contributed by atoms with E-state index in [1.165, 1.54) is 10.9 Å². The van der Waals surface area contributed by atoms with Gasteiger partial charge in [0.15, 0.2) is 0 Å². The second-order valence-corrected chi connectivity index (χ2v) is 5.61. The second-order valence-electron chi connectivity index (χ2n) is 4.76. The Morgan fingerprint density at radius 1 is 1.28 bits per heavy atom. The van der Waals surface area contributed by atoms with Gasteiger partial charge in [-0.05, 0) is 40.0 Å². The summed E-state index contributed by atoms with van der Waals surface area (Å²) >= 11 is 3.52. The van der Waals surface area contributed by atoms with Crippen LogP contribution in [-0.2, 0) is 6.42 Å². The van der Waals surface area contributed by atoms with E-state index in [9.17, 15) is 0 Å². The molecule has 3 nitrogen and oxygen atoms in total. The fourth-order valence-corrected chi connectivity index (χ4v) is 2.83. The van der Waals surface area contributed by atoms with E-state index in [4.69, 9.17) is 4.42 Å². The number of nitrogens with one attached hydrogen (secondary N) is 1. The maximum absolute atomic E-state index is 5.43. The minimum absolute atomic E-state index is 0.952. The Morgan fingerprint density at radius 2 is 2.11 bits per heavy atom. The fraction of sp³-hybridized carbons (Fsp3) is 0.429. The quantitative estimate of drug-likeness (QED) is 0.945. The second kappa shape index (κ2) is 5.43. The van der Waals surface area contributed by atoms with Gasteiger partial charge < -0.3 is 14.6 Å². The van der Waals surface area contributed by atoms with Crippen molar-refractivity contribution in [2.75, 3.05) is 32.7 Å².